The highest BCUT2D eigenvalue weighted by molar-refractivity contribution is 6.01. The molecule has 0 aromatic rings. The van der Waals surface area contributed by atoms with Crippen LogP contribution in [0.15, 0.2) is 46.7 Å². The molecule has 2 N–H and O–H groups in total. The largest absolute Gasteiger partial charge is 0.351 e. The summed E-state index contributed by atoms with van der Waals surface area (Å²) in [6, 6.07) is 0. The zero-order valence-corrected chi connectivity index (χ0v) is 12.8. The van der Waals surface area contributed by atoms with Crippen LogP contribution in [-0.2, 0) is 14.3 Å². The first-order valence-electron chi connectivity index (χ1n) is 6.86. The van der Waals surface area contributed by atoms with Gasteiger partial charge in [0.15, 0.2) is 5.72 Å². The first kappa shape index (κ1) is 15.3. The van der Waals surface area contributed by atoms with E-state index in [0.717, 1.165) is 11.1 Å². The molecular formula is C16H20N2O3. The third kappa shape index (κ3) is 2.23. The fourth-order valence-electron chi connectivity index (χ4n) is 2.77. The van der Waals surface area contributed by atoms with Crippen molar-refractivity contribution in [1.29, 1.82) is 0 Å². The second-order valence-electron chi connectivity index (χ2n) is 5.11. The molecule has 21 heavy (non-hydrogen) atoms. The zero-order chi connectivity index (χ0) is 15.8. The second-order valence-corrected chi connectivity index (χ2v) is 5.11. The summed E-state index contributed by atoms with van der Waals surface area (Å²) in [5.74, 6) is -0.303. The van der Waals surface area contributed by atoms with Crippen LogP contribution in [0.3, 0.4) is 0 Å². The van der Waals surface area contributed by atoms with Crippen LogP contribution in [0.5, 0.6) is 0 Å². The summed E-state index contributed by atoms with van der Waals surface area (Å²) < 4.78 is 5.55. The van der Waals surface area contributed by atoms with Crippen molar-refractivity contribution in [3.8, 4) is 0 Å². The third-order valence-corrected chi connectivity index (χ3v) is 4.05. The van der Waals surface area contributed by atoms with Crippen LogP contribution in [0.1, 0.15) is 27.2 Å². The fraction of sp³-hybridized carbons (Fsp3) is 0.375. The summed E-state index contributed by atoms with van der Waals surface area (Å²) in [5.41, 5.74) is 2.42. The number of nitrogens with one attached hydrogen (secondary N) is 2. The lowest BCUT2D eigenvalue weighted by molar-refractivity contribution is -0.120. The van der Waals surface area contributed by atoms with Crippen molar-refractivity contribution in [1.82, 2.24) is 10.6 Å². The minimum atomic E-state index is -1.09. The van der Waals surface area contributed by atoms with Crippen molar-refractivity contribution in [2.24, 2.45) is 0 Å². The Hall–Kier alpha value is -2.14. The number of allylic oxidation sites excluding steroid dienone is 1. The van der Waals surface area contributed by atoms with Gasteiger partial charge in [-0.3, -0.25) is 9.59 Å². The van der Waals surface area contributed by atoms with Gasteiger partial charge in [-0.25, -0.2) is 0 Å². The number of hydrogen-bond donors (Lipinski definition) is 2. The molecule has 0 radical (unpaired) electrons. The first-order chi connectivity index (χ1) is 9.90. The minimum absolute atomic E-state index is 0.0994. The van der Waals surface area contributed by atoms with E-state index in [1.54, 1.807) is 19.1 Å². The van der Waals surface area contributed by atoms with Crippen LogP contribution >= 0.6 is 0 Å². The smallest absolute Gasteiger partial charge is 0.251 e. The average molecular weight is 288 g/mol. The molecule has 112 valence electrons. The lowest BCUT2D eigenvalue weighted by Gasteiger charge is -2.27. The number of carbonyl (C=O) groups is 2. The maximum Gasteiger partial charge on any atom is 0.251 e. The summed E-state index contributed by atoms with van der Waals surface area (Å²) >= 11 is 0. The van der Waals surface area contributed by atoms with Crippen LogP contribution in [0.25, 0.3) is 0 Å². The van der Waals surface area contributed by atoms with Gasteiger partial charge in [-0.2, -0.15) is 0 Å². The normalized spacial score (nSPS) is 27.5. The summed E-state index contributed by atoms with van der Waals surface area (Å²) in [6.07, 6.45) is 3.99. The molecule has 5 heteroatoms. The van der Waals surface area contributed by atoms with Crippen LogP contribution < -0.4 is 10.6 Å². The van der Waals surface area contributed by atoms with E-state index in [2.05, 4.69) is 17.2 Å². The lowest BCUT2D eigenvalue weighted by atomic mass is 9.99. The van der Waals surface area contributed by atoms with Crippen LogP contribution in [-0.4, -0.2) is 24.6 Å². The standard InChI is InChI=1S/C16H20N2O3/c1-6-11-9(3)13(17-15(11)20)8-16(21-5)12(7-2)10(4)14(19)18-16/h7-8H,2,6H2,1,3-5H3,(H,17,20)(H,18,19)/b13-8-/t16-/m0/s1. The van der Waals surface area contributed by atoms with Crippen LogP contribution in [0, 0.1) is 0 Å². The first-order valence-corrected chi connectivity index (χ1v) is 6.86. The maximum absolute atomic E-state index is 11.9. The van der Waals surface area contributed by atoms with Crippen molar-refractivity contribution >= 4 is 11.8 Å². The molecule has 0 bridgehead atoms. The van der Waals surface area contributed by atoms with E-state index in [9.17, 15) is 9.59 Å². The molecule has 0 saturated heterocycles. The number of carbonyl (C=O) groups excluding carboxylic acids is 2. The Balaban J connectivity index is 2.53. The van der Waals surface area contributed by atoms with E-state index in [0.29, 0.717) is 23.3 Å². The number of hydrogen-bond acceptors (Lipinski definition) is 3. The molecule has 0 unspecified atom stereocenters. The van der Waals surface area contributed by atoms with E-state index in [1.807, 2.05) is 13.8 Å². The molecule has 2 heterocycles. The Kier molecular flexibility index (Phi) is 3.87. The van der Waals surface area contributed by atoms with E-state index < -0.39 is 5.72 Å². The molecule has 0 saturated carbocycles. The van der Waals surface area contributed by atoms with Gasteiger partial charge >= 0.3 is 0 Å². The molecular weight excluding hydrogens is 268 g/mol. The third-order valence-electron chi connectivity index (χ3n) is 4.05. The topological polar surface area (TPSA) is 67.4 Å². The Morgan fingerprint density at radius 1 is 1.24 bits per heavy atom. The highest BCUT2D eigenvalue weighted by atomic mass is 16.5. The maximum atomic E-state index is 11.9. The van der Waals surface area contributed by atoms with E-state index in [1.165, 1.54) is 7.11 Å². The summed E-state index contributed by atoms with van der Waals surface area (Å²) in [5, 5.41) is 5.63. The van der Waals surface area contributed by atoms with Gasteiger partial charge in [-0.1, -0.05) is 19.6 Å². The Bertz CT molecular complexity index is 625. The predicted octanol–water partition coefficient (Wildman–Crippen LogP) is 1.70. The molecule has 0 spiro atoms. The van der Waals surface area contributed by atoms with Crippen LogP contribution in [0.2, 0.25) is 0 Å². The van der Waals surface area contributed by atoms with E-state index in [4.69, 9.17) is 4.74 Å². The molecule has 0 aromatic carbocycles. The Morgan fingerprint density at radius 2 is 1.90 bits per heavy atom. The van der Waals surface area contributed by atoms with Gasteiger partial charge in [0, 0.05) is 29.5 Å². The number of methoxy groups -OCH3 is 1. The molecule has 2 aliphatic rings. The highest BCUT2D eigenvalue weighted by Crippen LogP contribution is 2.33. The van der Waals surface area contributed by atoms with E-state index >= 15 is 0 Å². The van der Waals surface area contributed by atoms with Crippen molar-refractivity contribution in [3.63, 3.8) is 0 Å². The van der Waals surface area contributed by atoms with Gasteiger partial charge in [0.05, 0.1) is 0 Å². The molecule has 0 aliphatic carbocycles. The molecule has 0 aromatic heterocycles. The Morgan fingerprint density at radius 3 is 2.38 bits per heavy atom. The highest BCUT2D eigenvalue weighted by Gasteiger charge is 2.42. The monoisotopic (exact) mass is 288 g/mol. The quantitative estimate of drug-likeness (QED) is 0.827. The lowest BCUT2D eigenvalue weighted by Crippen LogP contribution is -2.45. The van der Waals surface area contributed by atoms with Gasteiger partial charge in [0.25, 0.3) is 5.91 Å². The van der Waals surface area contributed by atoms with Crippen molar-refractivity contribution in [2.45, 2.75) is 32.9 Å². The molecule has 5 nitrogen and oxygen atoms in total. The second kappa shape index (κ2) is 5.33. The number of rotatable bonds is 4. The molecule has 2 amide bonds. The van der Waals surface area contributed by atoms with Crippen LogP contribution in [0.4, 0.5) is 0 Å². The van der Waals surface area contributed by atoms with E-state index in [-0.39, 0.29) is 11.8 Å². The average Bonchev–Trinajstić information content (AvgIpc) is 2.85. The predicted molar refractivity (Wildman–Crippen MR) is 80.0 cm³/mol. The molecule has 2 aliphatic heterocycles. The van der Waals surface area contributed by atoms with Crippen molar-refractivity contribution in [2.75, 3.05) is 7.11 Å². The van der Waals surface area contributed by atoms with Gasteiger partial charge < -0.3 is 15.4 Å². The van der Waals surface area contributed by atoms with Gasteiger partial charge in [0.1, 0.15) is 0 Å². The number of ether oxygens (including phenoxy) is 1. The Labute approximate surface area is 124 Å². The summed E-state index contributed by atoms with van der Waals surface area (Å²) in [7, 11) is 1.51. The zero-order valence-electron chi connectivity index (χ0n) is 12.8. The molecule has 0 fully saturated rings. The molecule has 1 atom stereocenters. The van der Waals surface area contributed by atoms with Gasteiger partial charge in [-0.15, -0.1) is 0 Å². The van der Waals surface area contributed by atoms with Gasteiger partial charge in [-0.05, 0) is 31.9 Å². The fourth-order valence-corrected chi connectivity index (χ4v) is 2.77. The SMILES string of the molecule is C=CC1=C(C)C(=O)N[C@@]1(/C=C1\NC(=O)C(CC)=C1C)OC. The van der Waals surface area contributed by atoms with Gasteiger partial charge in [0.2, 0.25) is 5.91 Å². The van der Waals surface area contributed by atoms with Crippen molar-refractivity contribution < 1.29 is 14.3 Å². The minimum Gasteiger partial charge on any atom is -0.351 e. The summed E-state index contributed by atoms with van der Waals surface area (Å²) in [4.78, 5) is 23.8. The number of amides is 2. The van der Waals surface area contributed by atoms with Crippen molar-refractivity contribution in [3.05, 3.63) is 46.7 Å². The summed E-state index contributed by atoms with van der Waals surface area (Å²) in [6.45, 7) is 9.29. The molecule has 2 rings (SSSR count).